The molecule has 1 unspecified atom stereocenters. The standard InChI is InChI=1S/C18H21N5O2/c1-2-15(20-16-12(1)3-7-19-16)18-21-17(13-4-8-24-9-5-13)22-23(18)14-6-10-25-11-14/h1-3,7,13-14H,4-6,8-11H2,(H,19,20). The maximum absolute atomic E-state index is 5.58. The van der Waals surface area contributed by atoms with Gasteiger partial charge in [0.2, 0.25) is 0 Å². The van der Waals surface area contributed by atoms with Crippen LogP contribution in [-0.4, -0.2) is 51.2 Å². The molecule has 1 atom stereocenters. The number of aromatic amines is 1. The number of ether oxygens (including phenoxy) is 2. The lowest BCUT2D eigenvalue weighted by Gasteiger charge is -2.19. The van der Waals surface area contributed by atoms with Crippen molar-refractivity contribution in [3.05, 3.63) is 30.2 Å². The van der Waals surface area contributed by atoms with Crippen LogP contribution in [0, 0.1) is 0 Å². The van der Waals surface area contributed by atoms with Crippen LogP contribution < -0.4 is 0 Å². The van der Waals surface area contributed by atoms with Crippen molar-refractivity contribution in [2.45, 2.75) is 31.2 Å². The number of hydrogen-bond donors (Lipinski definition) is 1. The van der Waals surface area contributed by atoms with Crippen LogP contribution in [0.25, 0.3) is 22.6 Å². The highest BCUT2D eigenvalue weighted by Gasteiger charge is 2.28. The fourth-order valence-electron chi connectivity index (χ4n) is 3.67. The molecule has 0 aliphatic carbocycles. The molecular weight excluding hydrogens is 318 g/mol. The number of H-pyrrole nitrogens is 1. The summed E-state index contributed by atoms with van der Waals surface area (Å²) in [6.07, 6.45) is 4.83. The molecule has 0 amide bonds. The first-order valence-electron chi connectivity index (χ1n) is 8.95. The van der Waals surface area contributed by atoms with Crippen molar-refractivity contribution >= 4 is 11.0 Å². The van der Waals surface area contributed by atoms with Crippen molar-refractivity contribution in [2.24, 2.45) is 0 Å². The average molecular weight is 339 g/mol. The van der Waals surface area contributed by atoms with Gasteiger partial charge in [0.1, 0.15) is 11.3 Å². The molecule has 2 aliphatic heterocycles. The second-order valence-electron chi connectivity index (χ2n) is 6.75. The maximum atomic E-state index is 5.58. The van der Waals surface area contributed by atoms with E-state index < -0.39 is 0 Å². The topological polar surface area (TPSA) is 77.8 Å². The lowest BCUT2D eigenvalue weighted by molar-refractivity contribution is 0.0835. The van der Waals surface area contributed by atoms with Gasteiger partial charge in [0.15, 0.2) is 11.6 Å². The number of nitrogens with zero attached hydrogens (tertiary/aromatic N) is 4. The minimum Gasteiger partial charge on any atom is -0.381 e. The number of aromatic nitrogens is 5. The number of hydrogen-bond acceptors (Lipinski definition) is 5. The van der Waals surface area contributed by atoms with E-state index >= 15 is 0 Å². The SMILES string of the molecule is c1cc2ccc(-c3nc(C4CCOCC4)nn3C3CCOC3)nc2[nH]1. The lowest BCUT2D eigenvalue weighted by Crippen LogP contribution is -2.16. The van der Waals surface area contributed by atoms with Crippen molar-refractivity contribution < 1.29 is 9.47 Å². The van der Waals surface area contributed by atoms with Gasteiger partial charge in [-0.3, -0.25) is 0 Å². The third kappa shape index (κ3) is 2.73. The second kappa shape index (κ2) is 6.24. The van der Waals surface area contributed by atoms with Crippen molar-refractivity contribution in [1.29, 1.82) is 0 Å². The molecule has 7 heteroatoms. The zero-order valence-corrected chi connectivity index (χ0v) is 14.0. The normalized spacial score (nSPS) is 22.0. The molecule has 5 rings (SSSR count). The van der Waals surface area contributed by atoms with Gasteiger partial charge in [0.05, 0.1) is 12.6 Å². The Morgan fingerprint density at radius 1 is 1.00 bits per heavy atom. The monoisotopic (exact) mass is 339 g/mol. The molecule has 0 radical (unpaired) electrons. The molecule has 130 valence electrons. The van der Waals surface area contributed by atoms with E-state index in [9.17, 15) is 0 Å². The van der Waals surface area contributed by atoms with Gasteiger partial charge in [-0.05, 0) is 37.5 Å². The minimum absolute atomic E-state index is 0.234. The first kappa shape index (κ1) is 15.0. The molecule has 0 spiro atoms. The molecule has 2 aliphatic rings. The Kier molecular flexibility index (Phi) is 3.75. The van der Waals surface area contributed by atoms with Crippen LogP contribution >= 0.6 is 0 Å². The predicted molar refractivity (Wildman–Crippen MR) is 92.4 cm³/mol. The highest BCUT2D eigenvalue weighted by Crippen LogP contribution is 2.30. The van der Waals surface area contributed by atoms with E-state index in [4.69, 9.17) is 24.5 Å². The zero-order chi connectivity index (χ0) is 16.6. The summed E-state index contributed by atoms with van der Waals surface area (Å²) in [5.41, 5.74) is 1.73. The molecule has 5 heterocycles. The zero-order valence-electron chi connectivity index (χ0n) is 14.0. The third-order valence-electron chi connectivity index (χ3n) is 5.12. The smallest absolute Gasteiger partial charge is 0.177 e. The van der Waals surface area contributed by atoms with Crippen LogP contribution in [0.5, 0.6) is 0 Å². The van der Waals surface area contributed by atoms with Gasteiger partial charge in [0, 0.05) is 37.3 Å². The van der Waals surface area contributed by atoms with Gasteiger partial charge in [-0.15, -0.1) is 0 Å². The summed E-state index contributed by atoms with van der Waals surface area (Å²) in [7, 11) is 0. The van der Waals surface area contributed by atoms with Crippen LogP contribution in [0.4, 0.5) is 0 Å². The van der Waals surface area contributed by atoms with E-state index in [2.05, 4.69) is 11.1 Å². The van der Waals surface area contributed by atoms with Gasteiger partial charge in [-0.2, -0.15) is 5.10 Å². The van der Waals surface area contributed by atoms with Crippen molar-refractivity contribution in [3.8, 4) is 11.5 Å². The summed E-state index contributed by atoms with van der Waals surface area (Å²) < 4.78 is 13.1. The molecule has 0 aromatic carbocycles. The largest absolute Gasteiger partial charge is 0.381 e. The summed E-state index contributed by atoms with van der Waals surface area (Å²) in [5.74, 6) is 2.12. The van der Waals surface area contributed by atoms with Crippen LogP contribution in [0.2, 0.25) is 0 Å². The Balaban J connectivity index is 1.58. The summed E-state index contributed by atoms with van der Waals surface area (Å²) >= 11 is 0. The Labute approximate surface area is 145 Å². The van der Waals surface area contributed by atoms with Crippen LogP contribution in [0.15, 0.2) is 24.4 Å². The minimum atomic E-state index is 0.234. The van der Waals surface area contributed by atoms with Gasteiger partial charge >= 0.3 is 0 Å². The first-order chi connectivity index (χ1) is 12.4. The molecule has 3 aromatic heterocycles. The average Bonchev–Trinajstić information content (AvgIpc) is 3.40. The number of nitrogens with one attached hydrogen (secondary N) is 1. The third-order valence-corrected chi connectivity index (χ3v) is 5.12. The van der Waals surface area contributed by atoms with Crippen LogP contribution in [-0.2, 0) is 9.47 Å². The Bertz CT molecular complexity index is 875. The molecule has 25 heavy (non-hydrogen) atoms. The van der Waals surface area contributed by atoms with E-state index in [-0.39, 0.29) is 6.04 Å². The van der Waals surface area contributed by atoms with Gasteiger partial charge in [-0.25, -0.2) is 14.6 Å². The summed E-state index contributed by atoms with van der Waals surface area (Å²) in [5, 5.41) is 5.98. The summed E-state index contributed by atoms with van der Waals surface area (Å²) in [6.45, 7) is 3.04. The Hall–Kier alpha value is -2.25. The second-order valence-corrected chi connectivity index (χ2v) is 6.75. The van der Waals surface area contributed by atoms with Gasteiger partial charge in [0.25, 0.3) is 0 Å². The fraction of sp³-hybridized carbons (Fsp3) is 0.500. The Morgan fingerprint density at radius 2 is 1.88 bits per heavy atom. The van der Waals surface area contributed by atoms with E-state index in [1.165, 1.54) is 0 Å². The Morgan fingerprint density at radius 3 is 2.72 bits per heavy atom. The molecule has 3 aromatic rings. The van der Waals surface area contributed by atoms with E-state index in [0.717, 1.165) is 67.5 Å². The molecule has 2 saturated heterocycles. The van der Waals surface area contributed by atoms with E-state index in [1.54, 1.807) is 0 Å². The van der Waals surface area contributed by atoms with E-state index in [1.807, 2.05) is 23.0 Å². The maximum Gasteiger partial charge on any atom is 0.177 e. The van der Waals surface area contributed by atoms with Crippen molar-refractivity contribution in [3.63, 3.8) is 0 Å². The quantitative estimate of drug-likeness (QED) is 0.794. The fourth-order valence-corrected chi connectivity index (χ4v) is 3.67. The molecule has 1 N–H and O–H groups in total. The highest BCUT2D eigenvalue weighted by molar-refractivity contribution is 5.77. The van der Waals surface area contributed by atoms with Crippen molar-refractivity contribution in [2.75, 3.05) is 26.4 Å². The van der Waals surface area contributed by atoms with Crippen LogP contribution in [0.3, 0.4) is 0 Å². The number of rotatable bonds is 3. The highest BCUT2D eigenvalue weighted by atomic mass is 16.5. The summed E-state index contributed by atoms with van der Waals surface area (Å²) in [4.78, 5) is 12.8. The predicted octanol–water partition coefficient (Wildman–Crippen LogP) is 2.68. The number of pyridine rings is 1. The molecular formula is C18H21N5O2. The molecule has 0 bridgehead atoms. The van der Waals surface area contributed by atoms with Crippen molar-refractivity contribution in [1.82, 2.24) is 24.7 Å². The van der Waals surface area contributed by atoms with Gasteiger partial charge in [-0.1, -0.05) is 0 Å². The molecule has 0 saturated carbocycles. The lowest BCUT2D eigenvalue weighted by atomic mass is 10.00. The number of fused-ring (bicyclic) bond motifs is 1. The summed E-state index contributed by atoms with van der Waals surface area (Å²) in [6, 6.07) is 6.36. The first-order valence-corrected chi connectivity index (χ1v) is 8.95. The molecule has 2 fully saturated rings. The van der Waals surface area contributed by atoms with E-state index in [0.29, 0.717) is 12.5 Å². The van der Waals surface area contributed by atoms with Gasteiger partial charge < -0.3 is 14.5 Å². The van der Waals surface area contributed by atoms with Crippen LogP contribution in [0.1, 0.15) is 37.0 Å². The molecule has 7 nitrogen and oxygen atoms in total.